The van der Waals surface area contributed by atoms with E-state index >= 15 is 0 Å². The standard InChI is InChI=1S/C13H13N3O2/c1-17-9-7-16-12-10(4-2-6-14-12)15-13(16)11-5-3-8-18-11/h2-6,8H,7,9H2,1H3. The summed E-state index contributed by atoms with van der Waals surface area (Å²) in [6.45, 7) is 1.30. The van der Waals surface area contributed by atoms with Crippen molar-refractivity contribution in [3.8, 4) is 11.6 Å². The Balaban J connectivity index is 2.17. The number of furan rings is 1. The third-order valence-corrected chi connectivity index (χ3v) is 2.76. The average Bonchev–Trinajstić information content (AvgIpc) is 3.03. The van der Waals surface area contributed by atoms with Gasteiger partial charge in [0.1, 0.15) is 5.52 Å². The van der Waals surface area contributed by atoms with Crippen molar-refractivity contribution >= 4 is 11.2 Å². The smallest absolute Gasteiger partial charge is 0.178 e. The third kappa shape index (κ3) is 1.78. The molecule has 0 saturated heterocycles. The Morgan fingerprint density at radius 3 is 3.06 bits per heavy atom. The molecule has 0 aliphatic heterocycles. The Hall–Kier alpha value is -2.14. The number of methoxy groups -OCH3 is 1. The molecule has 0 atom stereocenters. The third-order valence-electron chi connectivity index (χ3n) is 2.76. The van der Waals surface area contributed by atoms with Gasteiger partial charge in [0.2, 0.25) is 0 Å². The predicted molar refractivity (Wildman–Crippen MR) is 67.1 cm³/mol. The minimum absolute atomic E-state index is 0.607. The summed E-state index contributed by atoms with van der Waals surface area (Å²) in [7, 11) is 1.68. The molecule has 92 valence electrons. The monoisotopic (exact) mass is 243 g/mol. The Kier molecular flexibility index (Phi) is 2.82. The van der Waals surface area contributed by atoms with Crippen molar-refractivity contribution < 1.29 is 9.15 Å². The molecule has 0 fully saturated rings. The lowest BCUT2D eigenvalue weighted by molar-refractivity contribution is 0.188. The zero-order chi connectivity index (χ0) is 12.4. The molecule has 0 N–H and O–H groups in total. The lowest BCUT2D eigenvalue weighted by Crippen LogP contribution is -2.06. The van der Waals surface area contributed by atoms with Gasteiger partial charge in [-0.05, 0) is 24.3 Å². The van der Waals surface area contributed by atoms with Crippen LogP contribution in [-0.2, 0) is 11.3 Å². The van der Waals surface area contributed by atoms with Gasteiger partial charge in [0.05, 0.1) is 12.9 Å². The van der Waals surface area contributed by atoms with Crippen LogP contribution in [0.3, 0.4) is 0 Å². The first kappa shape index (κ1) is 11.0. The fourth-order valence-electron chi connectivity index (χ4n) is 1.95. The molecule has 0 spiro atoms. The normalized spacial score (nSPS) is 11.2. The molecule has 3 heterocycles. The molecular formula is C13H13N3O2. The van der Waals surface area contributed by atoms with E-state index in [1.165, 1.54) is 0 Å². The second-order valence-corrected chi connectivity index (χ2v) is 3.90. The fourth-order valence-corrected chi connectivity index (χ4v) is 1.95. The summed E-state index contributed by atoms with van der Waals surface area (Å²) < 4.78 is 12.6. The minimum atomic E-state index is 0.607. The number of rotatable bonds is 4. The molecule has 0 saturated carbocycles. The summed E-state index contributed by atoms with van der Waals surface area (Å²) >= 11 is 0. The van der Waals surface area contributed by atoms with Crippen molar-refractivity contribution in [1.29, 1.82) is 0 Å². The number of nitrogens with zero attached hydrogens (tertiary/aromatic N) is 3. The quantitative estimate of drug-likeness (QED) is 0.705. The Bertz CT molecular complexity index is 643. The van der Waals surface area contributed by atoms with Crippen LogP contribution in [0.15, 0.2) is 41.1 Å². The number of hydrogen-bond donors (Lipinski definition) is 0. The number of hydrogen-bond acceptors (Lipinski definition) is 4. The summed E-state index contributed by atoms with van der Waals surface area (Å²) in [5.41, 5.74) is 1.71. The summed E-state index contributed by atoms with van der Waals surface area (Å²) in [6, 6.07) is 7.56. The van der Waals surface area contributed by atoms with Crippen molar-refractivity contribution in [2.75, 3.05) is 13.7 Å². The topological polar surface area (TPSA) is 53.1 Å². The van der Waals surface area contributed by atoms with E-state index in [0.717, 1.165) is 22.7 Å². The lowest BCUT2D eigenvalue weighted by atomic mass is 10.4. The van der Waals surface area contributed by atoms with E-state index in [9.17, 15) is 0 Å². The van der Waals surface area contributed by atoms with Gasteiger partial charge in [0.25, 0.3) is 0 Å². The van der Waals surface area contributed by atoms with Gasteiger partial charge < -0.3 is 13.7 Å². The van der Waals surface area contributed by atoms with E-state index in [1.807, 2.05) is 28.8 Å². The van der Waals surface area contributed by atoms with Crippen LogP contribution in [0.1, 0.15) is 0 Å². The van der Waals surface area contributed by atoms with E-state index in [2.05, 4.69) is 9.97 Å². The summed E-state index contributed by atoms with van der Waals surface area (Å²) in [6.07, 6.45) is 3.40. The van der Waals surface area contributed by atoms with Crippen molar-refractivity contribution in [3.63, 3.8) is 0 Å². The van der Waals surface area contributed by atoms with E-state index < -0.39 is 0 Å². The highest BCUT2D eigenvalue weighted by Crippen LogP contribution is 2.23. The molecule has 3 rings (SSSR count). The first-order valence-electron chi connectivity index (χ1n) is 5.74. The van der Waals surface area contributed by atoms with Gasteiger partial charge in [-0.2, -0.15) is 0 Å². The van der Waals surface area contributed by atoms with Gasteiger partial charge in [0.15, 0.2) is 17.2 Å². The molecule has 18 heavy (non-hydrogen) atoms. The van der Waals surface area contributed by atoms with Gasteiger partial charge in [-0.1, -0.05) is 0 Å². The lowest BCUT2D eigenvalue weighted by Gasteiger charge is -2.05. The van der Waals surface area contributed by atoms with E-state index in [1.54, 1.807) is 19.6 Å². The zero-order valence-electron chi connectivity index (χ0n) is 10.0. The molecule has 0 unspecified atom stereocenters. The minimum Gasteiger partial charge on any atom is -0.461 e. The molecular weight excluding hydrogens is 230 g/mol. The molecule has 5 nitrogen and oxygen atoms in total. The zero-order valence-corrected chi connectivity index (χ0v) is 10.0. The molecule has 0 aromatic carbocycles. The maximum Gasteiger partial charge on any atom is 0.178 e. The Morgan fingerprint density at radius 2 is 2.28 bits per heavy atom. The van der Waals surface area contributed by atoms with Gasteiger partial charge in [0, 0.05) is 19.9 Å². The van der Waals surface area contributed by atoms with Crippen LogP contribution in [0.25, 0.3) is 22.7 Å². The number of ether oxygens (including phenoxy) is 1. The molecule has 0 radical (unpaired) electrons. The first-order chi connectivity index (χ1) is 8.90. The maximum atomic E-state index is 5.42. The van der Waals surface area contributed by atoms with E-state index in [-0.39, 0.29) is 0 Å². The Labute approximate surface area is 104 Å². The van der Waals surface area contributed by atoms with Crippen LogP contribution in [0.5, 0.6) is 0 Å². The summed E-state index contributed by atoms with van der Waals surface area (Å²) in [4.78, 5) is 8.93. The van der Waals surface area contributed by atoms with E-state index in [4.69, 9.17) is 9.15 Å². The van der Waals surface area contributed by atoms with Crippen LogP contribution in [0.2, 0.25) is 0 Å². The van der Waals surface area contributed by atoms with Crippen LogP contribution in [0.4, 0.5) is 0 Å². The molecule has 0 aliphatic carbocycles. The van der Waals surface area contributed by atoms with Crippen LogP contribution >= 0.6 is 0 Å². The number of aromatic nitrogens is 3. The largest absolute Gasteiger partial charge is 0.461 e. The van der Waals surface area contributed by atoms with E-state index in [0.29, 0.717) is 13.2 Å². The van der Waals surface area contributed by atoms with Crippen LogP contribution in [-0.4, -0.2) is 28.3 Å². The summed E-state index contributed by atoms with van der Waals surface area (Å²) in [5.74, 6) is 1.52. The molecule has 0 amide bonds. The Morgan fingerprint density at radius 1 is 1.33 bits per heavy atom. The summed E-state index contributed by atoms with van der Waals surface area (Å²) in [5, 5.41) is 0. The van der Waals surface area contributed by atoms with Crippen molar-refractivity contribution in [1.82, 2.24) is 14.5 Å². The maximum absolute atomic E-state index is 5.42. The predicted octanol–water partition coefficient (Wildman–Crippen LogP) is 2.34. The van der Waals surface area contributed by atoms with Gasteiger partial charge in [-0.3, -0.25) is 0 Å². The highest BCUT2D eigenvalue weighted by Gasteiger charge is 2.14. The van der Waals surface area contributed by atoms with Gasteiger partial charge in [-0.15, -0.1) is 0 Å². The van der Waals surface area contributed by atoms with Crippen LogP contribution in [0, 0.1) is 0 Å². The molecule has 3 aromatic rings. The highest BCUT2D eigenvalue weighted by atomic mass is 16.5. The second kappa shape index (κ2) is 4.62. The fraction of sp³-hybridized carbons (Fsp3) is 0.231. The molecule has 0 aliphatic rings. The van der Waals surface area contributed by atoms with Crippen molar-refractivity contribution in [2.24, 2.45) is 0 Å². The highest BCUT2D eigenvalue weighted by molar-refractivity contribution is 5.75. The first-order valence-corrected chi connectivity index (χ1v) is 5.74. The second-order valence-electron chi connectivity index (χ2n) is 3.90. The molecule has 0 bridgehead atoms. The molecule has 3 aromatic heterocycles. The van der Waals surface area contributed by atoms with Crippen molar-refractivity contribution in [3.05, 3.63) is 36.7 Å². The number of imidazole rings is 1. The van der Waals surface area contributed by atoms with Gasteiger partial charge >= 0.3 is 0 Å². The number of pyridine rings is 1. The molecule has 5 heteroatoms. The van der Waals surface area contributed by atoms with Gasteiger partial charge in [-0.25, -0.2) is 9.97 Å². The van der Waals surface area contributed by atoms with Crippen molar-refractivity contribution in [2.45, 2.75) is 6.54 Å². The number of fused-ring (bicyclic) bond motifs is 1. The average molecular weight is 243 g/mol. The SMILES string of the molecule is COCCn1c(-c2ccco2)nc2cccnc21. The van der Waals surface area contributed by atoms with Crippen LogP contribution < -0.4 is 0 Å².